The van der Waals surface area contributed by atoms with Gasteiger partial charge in [-0.2, -0.15) is 0 Å². The van der Waals surface area contributed by atoms with Crippen LogP contribution in [-0.2, 0) is 11.3 Å². The van der Waals surface area contributed by atoms with E-state index in [-0.39, 0.29) is 11.7 Å². The molecule has 1 N–H and O–H groups in total. The zero-order chi connectivity index (χ0) is 24.4. The van der Waals surface area contributed by atoms with Gasteiger partial charge in [0.2, 0.25) is 5.91 Å². The third-order valence-electron chi connectivity index (χ3n) is 6.34. The minimum Gasteiger partial charge on any atom is -0.448 e. The third kappa shape index (κ3) is 4.66. The number of carbonyl (C=O) groups is 1. The van der Waals surface area contributed by atoms with Gasteiger partial charge in [0.1, 0.15) is 0 Å². The number of anilines is 1. The fourth-order valence-corrected chi connectivity index (χ4v) is 5.37. The number of hydrogen-bond acceptors (Lipinski definition) is 7. The van der Waals surface area contributed by atoms with E-state index in [9.17, 15) is 4.79 Å². The van der Waals surface area contributed by atoms with Crippen molar-refractivity contribution < 1.29 is 14.3 Å². The number of pyridine rings is 1. The Labute approximate surface area is 213 Å². The molecular formula is C27H25N5O3S. The fourth-order valence-electron chi connectivity index (χ4n) is 4.63. The Balaban J connectivity index is 1.15. The van der Waals surface area contributed by atoms with Gasteiger partial charge in [-0.1, -0.05) is 42.1 Å². The lowest BCUT2D eigenvalue weighted by Gasteiger charge is -2.21. The summed E-state index contributed by atoms with van der Waals surface area (Å²) >= 11 is 1.35. The van der Waals surface area contributed by atoms with Crippen LogP contribution in [-0.4, -0.2) is 37.2 Å². The molecule has 36 heavy (non-hydrogen) atoms. The Morgan fingerprint density at radius 3 is 2.64 bits per heavy atom. The van der Waals surface area contributed by atoms with E-state index >= 15 is 0 Å². The lowest BCUT2D eigenvalue weighted by Crippen LogP contribution is -2.34. The zero-order valence-electron chi connectivity index (χ0n) is 19.6. The molecule has 1 aliphatic heterocycles. The number of benzene rings is 2. The van der Waals surface area contributed by atoms with Crippen molar-refractivity contribution in [2.24, 2.45) is 0 Å². The highest BCUT2D eigenvalue weighted by molar-refractivity contribution is 7.99. The van der Waals surface area contributed by atoms with Crippen LogP contribution in [0.25, 0.3) is 11.4 Å². The predicted octanol–water partition coefficient (Wildman–Crippen LogP) is 5.16. The molecule has 8 nitrogen and oxygen atoms in total. The summed E-state index contributed by atoms with van der Waals surface area (Å²) in [6, 6.07) is 19.5. The summed E-state index contributed by atoms with van der Waals surface area (Å²) < 4.78 is 14.2. The number of ether oxygens (including phenoxy) is 2. The monoisotopic (exact) mass is 499 g/mol. The van der Waals surface area contributed by atoms with Gasteiger partial charge in [0.15, 0.2) is 22.5 Å². The maximum Gasteiger partial charge on any atom is 0.251 e. The molecule has 6 rings (SSSR count). The van der Waals surface area contributed by atoms with Gasteiger partial charge >= 0.3 is 0 Å². The van der Waals surface area contributed by atoms with E-state index in [4.69, 9.17) is 9.47 Å². The van der Waals surface area contributed by atoms with E-state index in [1.807, 2.05) is 53.1 Å². The third-order valence-corrected chi connectivity index (χ3v) is 7.30. The Hall–Kier alpha value is -3.85. The number of nitrogens with zero attached hydrogens (tertiary/aromatic N) is 4. The van der Waals surface area contributed by atoms with Crippen LogP contribution in [0.3, 0.4) is 0 Å². The molecule has 4 aromatic rings. The maximum atomic E-state index is 12.8. The predicted molar refractivity (Wildman–Crippen MR) is 137 cm³/mol. The molecular weight excluding hydrogens is 474 g/mol. The normalized spacial score (nSPS) is 15.3. The highest BCUT2D eigenvalue weighted by Gasteiger charge is 2.44. The van der Waals surface area contributed by atoms with Gasteiger partial charge in [0.05, 0.1) is 12.3 Å². The highest BCUT2D eigenvalue weighted by atomic mass is 32.2. The molecule has 1 aliphatic carbocycles. The molecule has 1 fully saturated rings. The molecule has 182 valence electrons. The summed E-state index contributed by atoms with van der Waals surface area (Å²) in [5.41, 5.74) is 2.67. The van der Waals surface area contributed by atoms with Gasteiger partial charge < -0.3 is 14.8 Å². The van der Waals surface area contributed by atoms with Crippen LogP contribution in [0.2, 0.25) is 0 Å². The van der Waals surface area contributed by atoms with E-state index in [1.165, 1.54) is 11.8 Å². The van der Waals surface area contributed by atoms with Crippen LogP contribution < -0.4 is 14.8 Å². The first-order valence-electron chi connectivity index (χ1n) is 12.0. The van der Waals surface area contributed by atoms with Crippen LogP contribution in [0.1, 0.15) is 31.2 Å². The number of thioether (sulfide) groups is 1. The molecule has 2 aromatic carbocycles. The molecule has 2 aromatic heterocycles. The van der Waals surface area contributed by atoms with Gasteiger partial charge in [-0.05, 0) is 42.7 Å². The molecule has 1 spiro atoms. The van der Waals surface area contributed by atoms with Crippen LogP contribution >= 0.6 is 11.8 Å². The molecule has 0 atom stereocenters. The largest absolute Gasteiger partial charge is 0.448 e. The molecule has 0 radical (unpaired) electrons. The number of carbonyl (C=O) groups excluding carboxylic acids is 1. The maximum absolute atomic E-state index is 12.8. The van der Waals surface area contributed by atoms with Crippen molar-refractivity contribution in [2.45, 2.75) is 43.2 Å². The molecule has 1 amide bonds. The second-order valence-corrected chi connectivity index (χ2v) is 9.88. The summed E-state index contributed by atoms with van der Waals surface area (Å²) in [5.74, 6) is 1.68. The fraction of sp³-hybridized carbons (Fsp3) is 0.259. The molecule has 9 heteroatoms. The number of amides is 1. The number of nitrogens with one attached hydrogen (secondary N) is 1. The molecule has 2 aliphatic rings. The van der Waals surface area contributed by atoms with E-state index in [0.717, 1.165) is 42.6 Å². The number of fused-ring (bicyclic) bond motifs is 1. The minimum absolute atomic E-state index is 0.133. The quantitative estimate of drug-likeness (QED) is 0.351. The Morgan fingerprint density at radius 1 is 1.00 bits per heavy atom. The first-order valence-corrected chi connectivity index (χ1v) is 13.0. The summed E-state index contributed by atoms with van der Waals surface area (Å²) in [5, 5.41) is 12.4. The second kappa shape index (κ2) is 9.66. The van der Waals surface area contributed by atoms with Gasteiger partial charge in [-0.15, -0.1) is 10.2 Å². The van der Waals surface area contributed by atoms with E-state index in [0.29, 0.717) is 29.0 Å². The van der Waals surface area contributed by atoms with Gasteiger partial charge in [0, 0.05) is 42.6 Å². The van der Waals surface area contributed by atoms with Crippen LogP contribution in [0.4, 0.5) is 5.69 Å². The molecule has 3 heterocycles. The average Bonchev–Trinajstić information content (AvgIpc) is 3.62. The van der Waals surface area contributed by atoms with E-state index in [2.05, 4.69) is 32.6 Å². The van der Waals surface area contributed by atoms with Crippen LogP contribution in [0.15, 0.2) is 78.2 Å². The minimum atomic E-state index is -0.518. The summed E-state index contributed by atoms with van der Waals surface area (Å²) in [4.78, 5) is 17.0. The average molecular weight is 500 g/mol. The first kappa shape index (κ1) is 22.6. The standard InChI is InChI=1S/C27H25N5O3S/c33-24(29-21-10-11-22-23(15-21)35-27(34-22)12-4-5-13-27)18-36-26-31-30-25(20-9-6-14-28-16-20)32(26)17-19-7-2-1-3-8-19/h1-3,6-11,14-16H,4-5,12-13,17-18H2,(H,29,33). The second-order valence-electron chi connectivity index (χ2n) is 8.94. The van der Waals surface area contributed by atoms with Crippen molar-refractivity contribution in [3.8, 4) is 22.9 Å². The molecule has 0 unspecified atom stereocenters. The molecule has 0 saturated heterocycles. The van der Waals surface area contributed by atoms with E-state index in [1.54, 1.807) is 12.4 Å². The number of hydrogen-bond donors (Lipinski definition) is 1. The molecule has 0 bridgehead atoms. The number of aromatic nitrogens is 4. The topological polar surface area (TPSA) is 91.2 Å². The van der Waals surface area contributed by atoms with Crippen molar-refractivity contribution in [1.29, 1.82) is 0 Å². The first-order chi connectivity index (χ1) is 17.7. The van der Waals surface area contributed by atoms with Crippen molar-refractivity contribution in [3.05, 3.63) is 78.6 Å². The molecule has 1 saturated carbocycles. The SMILES string of the molecule is O=C(CSc1nnc(-c2cccnc2)n1Cc1ccccc1)Nc1ccc2c(c1)OC1(CCCC1)O2. The smallest absolute Gasteiger partial charge is 0.251 e. The highest BCUT2D eigenvalue weighted by Crippen LogP contribution is 2.47. The van der Waals surface area contributed by atoms with Crippen molar-refractivity contribution >= 4 is 23.4 Å². The Morgan fingerprint density at radius 2 is 1.83 bits per heavy atom. The van der Waals surface area contributed by atoms with Gasteiger partial charge in [0.25, 0.3) is 5.79 Å². The zero-order valence-corrected chi connectivity index (χ0v) is 20.4. The van der Waals surface area contributed by atoms with Crippen molar-refractivity contribution in [3.63, 3.8) is 0 Å². The Kier molecular flexibility index (Phi) is 6.06. The Bertz CT molecular complexity index is 1370. The summed E-state index contributed by atoms with van der Waals surface area (Å²) in [7, 11) is 0. The van der Waals surface area contributed by atoms with Gasteiger partial charge in [-0.3, -0.25) is 14.3 Å². The lowest BCUT2D eigenvalue weighted by atomic mass is 10.2. The van der Waals surface area contributed by atoms with Gasteiger partial charge in [-0.25, -0.2) is 0 Å². The summed E-state index contributed by atoms with van der Waals surface area (Å²) in [6.45, 7) is 0.589. The van der Waals surface area contributed by atoms with Crippen LogP contribution in [0.5, 0.6) is 11.5 Å². The van der Waals surface area contributed by atoms with Crippen LogP contribution in [0, 0.1) is 0 Å². The lowest BCUT2D eigenvalue weighted by molar-refractivity contribution is -0.113. The van der Waals surface area contributed by atoms with Crippen molar-refractivity contribution in [2.75, 3.05) is 11.1 Å². The summed E-state index contributed by atoms with van der Waals surface area (Å²) in [6.07, 6.45) is 7.49. The van der Waals surface area contributed by atoms with Crippen molar-refractivity contribution in [1.82, 2.24) is 19.7 Å². The van der Waals surface area contributed by atoms with E-state index < -0.39 is 5.79 Å². The number of rotatable bonds is 7.